The molecule has 8 heteroatoms. The molecule has 2 atom stereocenters. The molecule has 158 valence electrons. The number of hydrogen-bond donors (Lipinski definition) is 1. The summed E-state index contributed by atoms with van der Waals surface area (Å²) in [6.45, 7) is 7.38. The number of para-hydroxylation sites is 1. The molecule has 4 rings (SSSR count). The standard InChI is InChI=1S/C21H31FN6O/c1-2-3-9-20(21-23-24-25-28(21)16-17-7-6-15-29-17)27-13-11-26(12-14-27)19-10-5-4-8-18(19)22/h4-5,8,10,17,20H,2-3,6-7,9,11-16H2,1H3/p+1/t17-,20+/m0/s1. The van der Waals surface area contributed by atoms with Crippen molar-refractivity contribution in [3.8, 4) is 0 Å². The molecule has 2 aliphatic rings. The molecule has 1 aromatic carbocycles. The van der Waals surface area contributed by atoms with Crippen molar-refractivity contribution < 1.29 is 14.0 Å². The molecule has 2 fully saturated rings. The Labute approximate surface area is 171 Å². The summed E-state index contributed by atoms with van der Waals surface area (Å²) in [6.07, 6.45) is 5.78. The Bertz CT molecular complexity index is 770. The Morgan fingerprint density at radius 2 is 2.10 bits per heavy atom. The number of hydrogen-bond acceptors (Lipinski definition) is 5. The van der Waals surface area contributed by atoms with Gasteiger partial charge in [-0.1, -0.05) is 25.5 Å². The van der Waals surface area contributed by atoms with Crippen LogP contribution in [0.5, 0.6) is 0 Å². The number of halogens is 1. The molecule has 3 heterocycles. The zero-order valence-corrected chi connectivity index (χ0v) is 17.3. The van der Waals surface area contributed by atoms with Crippen LogP contribution >= 0.6 is 0 Å². The summed E-state index contributed by atoms with van der Waals surface area (Å²) >= 11 is 0. The predicted octanol–water partition coefficient (Wildman–Crippen LogP) is 1.63. The van der Waals surface area contributed by atoms with E-state index < -0.39 is 0 Å². The van der Waals surface area contributed by atoms with E-state index in [-0.39, 0.29) is 18.0 Å². The van der Waals surface area contributed by atoms with Crippen LogP contribution in [0, 0.1) is 5.82 Å². The summed E-state index contributed by atoms with van der Waals surface area (Å²) in [7, 11) is 0. The van der Waals surface area contributed by atoms with Gasteiger partial charge in [0.1, 0.15) is 11.9 Å². The van der Waals surface area contributed by atoms with Gasteiger partial charge in [-0.15, -0.1) is 5.10 Å². The Balaban J connectivity index is 1.45. The second kappa shape index (κ2) is 9.63. The van der Waals surface area contributed by atoms with Crippen molar-refractivity contribution >= 4 is 5.69 Å². The molecule has 29 heavy (non-hydrogen) atoms. The Morgan fingerprint density at radius 3 is 2.83 bits per heavy atom. The number of anilines is 1. The van der Waals surface area contributed by atoms with Gasteiger partial charge in [-0.25, -0.2) is 9.07 Å². The SMILES string of the molecule is CCCC[C@H](c1nnnn1C[C@@H]1CCCO1)[NH+]1CCN(c2ccccc2F)CC1. The molecule has 0 amide bonds. The maximum atomic E-state index is 14.2. The fourth-order valence-electron chi connectivity index (χ4n) is 4.59. The van der Waals surface area contributed by atoms with Crippen molar-refractivity contribution in [3.05, 3.63) is 35.9 Å². The summed E-state index contributed by atoms with van der Waals surface area (Å²) < 4.78 is 21.9. The molecule has 2 aliphatic heterocycles. The van der Waals surface area contributed by atoms with Gasteiger partial charge in [0.25, 0.3) is 0 Å². The number of tetrazole rings is 1. The molecule has 7 nitrogen and oxygen atoms in total. The van der Waals surface area contributed by atoms with Crippen molar-refractivity contribution in [1.82, 2.24) is 20.2 Å². The highest BCUT2D eigenvalue weighted by molar-refractivity contribution is 5.47. The maximum absolute atomic E-state index is 14.2. The maximum Gasteiger partial charge on any atom is 0.209 e. The normalized spacial score (nSPS) is 21.6. The number of nitrogens with zero attached hydrogens (tertiary/aromatic N) is 5. The van der Waals surface area contributed by atoms with Gasteiger partial charge in [0.2, 0.25) is 5.82 Å². The minimum absolute atomic E-state index is 0.140. The molecule has 0 spiro atoms. The molecule has 0 aliphatic carbocycles. The van der Waals surface area contributed by atoms with Gasteiger partial charge >= 0.3 is 0 Å². The quantitative estimate of drug-likeness (QED) is 0.726. The van der Waals surface area contributed by atoms with E-state index in [1.807, 2.05) is 16.8 Å². The van der Waals surface area contributed by atoms with Crippen molar-refractivity contribution in [2.24, 2.45) is 0 Å². The van der Waals surface area contributed by atoms with Crippen LogP contribution in [0.15, 0.2) is 24.3 Å². The lowest BCUT2D eigenvalue weighted by Gasteiger charge is -2.37. The number of nitrogens with one attached hydrogen (secondary N) is 1. The summed E-state index contributed by atoms with van der Waals surface area (Å²) in [5.74, 6) is 0.835. The highest BCUT2D eigenvalue weighted by atomic mass is 19.1. The summed E-state index contributed by atoms with van der Waals surface area (Å²) in [4.78, 5) is 3.65. The Kier molecular flexibility index (Phi) is 6.71. The number of aromatic nitrogens is 4. The van der Waals surface area contributed by atoms with Gasteiger partial charge in [0.15, 0.2) is 0 Å². The first-order valence-electron chi connectivity index (χ1n) is 11.0. The van der Waals surface area contributed by atoms with E-state index in [0.29, 0.717) is 5.69 Å². The van der Waals surface area contributed by atoms with Gasteiger partial charge in [0.05, 0.1) is 44.5 Å². The van der Waals surface area contributed by atoms with E-state index in [4.69, 9.17) is 4.74 Å². The van der Waals surface area contributed by atoms with Crippen LogP contribution < -0.4 is 9.80 Å². The van der Waals surface area contributed by atoms with Crippen LogP contribution in [-0.2, 0) is 11.3 Å². The third-order valence-corrected chi connectivity index (χ3v) is 6.21. The molecule has 2 saturated heterocycles. The van der Waals surface area contributed by atoms with E-state index in [9.17, 15) is 4.39 Å². The summed E-state index contributed by atoms with van der Waals surface area (Å²) in [5, 5.41) is 12.7. The van der Waals surface area contributed by atoms with E-state index >= 15 is 0 Å². The number of benzene rings is 1. The lowest BCUT2D eigenvalue weighted by atomic mass is 10.1. The number of rotatable bonds is 8. The van der Waals surface area contributed by atoms with Gasteiger partial charge in [0, 0.05) is 13.0 Å². The number of unbranched alkanes of at least 4 members (excludes halogenated alkanes) is 1. The average Bonchev–Trinajstić information content (AvgIpc) is 3.42. The minimum Gasteiger partial charge on any atom is -0.376 e. The predicted molar refractivity (Wildman–Crippen MR) is 108 cm³/mol. The summed E-state index contributed by atoms with van der Waals surface area (Å²) in [6, 6.07) is 7.33. The van der Waals surface area contributed by atoms with Crippen molar-refractivity contribution in [1.29, 1.82) is 0 Å². The topological polar surface area (TPSA) is 60.5 Å². The smallest absolute Gasteiger partial charge is 0.209 e. The number of quaternary nitrogens is 1. The van der Waals surface area contributed by atoms with Crippen LogP contribution in [0.2, 0.25) is 0 Å². The number of ether oxygens (including phenoxy) is 1. The second-order valence-corrected chi connectivity index (χ2v) is 8.15. The minimum atomic E-state index is -0.140. The van der Waals surface area contributed by atoms with E-state index in [2.05, 4.69) is 27.3 Å². The Hall–Kier alpha value is -2.06. The first kappa shape index (κ1) is 20.2. The fourth-order valence-corrected chi connectivity index (χ4v) is 4.59. The molecule has 0 saturated carbocycles. The van der Waals surface area contributed by atoms with E-state index in [1.54, 1.807) is 6.07 Å². The zero-order chi connectivity index (χ0) is 20.1. The molecule has 0 bridgehead atoms. The molecule has 0 radical (unpaired) electrons. The highest BCUT2D eigenvalue weighted by Gasteiger charge is 2.33. The van der Waals surface area contributed by atoms with E-state index in [1.165, 1.54) is 11.0 Å². The lowest BCUT2D eigenvalue weighted by molar-refractivity contribution is -0.933. The molecule has 1 N–H and O–H groups in total. The van der Waals surface area contributed by atoms with Gasteiger partial charge in [-0.3, -0.25) is 0 Å². The molecular formula is C21H32FN6O+. The monoisotopic (exact) mass is 403 g/mol. The van der Waals surface area contributed by atoms with Gasteiger partial charge in [-0.05, 0) is 41.8 Å². The molecule has 0 unspecified atom stereocenters. The van der Waals surface area contributed by atoms with Crippen molar-refractivity contribution in [3.63, 3.8) is 0 Å². The van der Waals surface area contributed by atoms with Crippen LogP contribution in [0.25, 0.3) is 0 Å². The third kappa shape index (κ3) is 4.75. The van der Waals surface area contributed by atoms with Crippen molar-refractivity contribution in [2.75, 3.05) is 37.7 Å². The molecular weight excluding hydrogens is 371 g/mol. The first-order chi connectivity index (χ1) is 14.3. The molecule has 1 aromatic heterocycles. The average molecular weight is 404 g/mol. The fraction of sp³-hybridized carbons (Fsp3) is 0.667. The van der Waals surface area contributed by atoms with Crippen LogP contribution in [-0.4, -0.2) is 59.1 Å². The van der Waals surface area contributed by atoms with Crippen LogP contribution in [0.1, 0.15) is 50.9 Å². The first-order valence-corrected chi connectivity index (χ1v) is 11.0. The summed E-state index contributed by atoms with van der Waals surface area (Å²) in [5.41, 5.74) is 0.708. The Morgan fingerprint density at radius 1 is 1.28 bits per heavy atom. The zero-order valence-electron chi connectivity index (χ0n) is 17.3. The van der Waals surface area contributed by atoms with Crippen molar-refractivity contribution in [2.45, 2.75) is 57.7 Å². The largest absolute Gasteiger partial charge is 0.376 e. The van der Waals surface area contributed by atoms with Crippen LogP contribution in [0.4, 0.5) is 10.1 Å². The highest BCUT2D eigenvalue weighted by Crippen LogP contribution is 2.21. The van der Waals surface area contributed by atoms with Gasteiger partial charge < -0.3 is 14.5 Å². The third-order valence-electron chi connectivity index (χ3n) is 6.21. The van der Waals surface area contributed by atoms with Gasteiger partial charge in [-0.2, -0.15) is 0 Å². The van der Waals surface area contributed by atoms with Crippen LogP contribution in [0.3, 0.4) is 0 Å². The van der Waals surface area contributed by atoms with E-state index in [0.717, 1.165) is 77.3 Å². The lowest BCUT2D eigenvalue weighted by Crippen LogP contribution is -3.15. The second-order valence-electron chi connectivity index (χ2n) is 8.15. The number of piperazine rings is 1. The molecule has 2 aromatic rings.